The maximum atomic E-state index is 12.1. The van der Waals surface area contributed by atoms with Crippen LogP contribution in [0.1, 0.15) is 11.3 Å². The van der Waals surface area contributed by atoms with E-state index in [0.29, 0.717) is 11.3 Å². The second-order valence-electron chi connectivity index (χ2n) is 4.74. The second kappa shape index (κ2) is 5.55. The van der Waals surface area contributed by atoms with Gasteiger partial charge in [-0.05, 0) is 18.6 Å². The standard InChI is InChI=1S/C14H10Cl2N4O2/c1-8-3-2-4-19-11(21)5-9(18-13(8)19)7-20-14(22)12(16)10(15)6-17-20/h2-6H,7H2,1H3. The van der Waals surface area contributed by atoms with Gasteiger partial charge in [-0.1, -0.05) is 29.3 Å². The molecule has 0 aliphatic carbocycles. The molecule has 0 amide bonds. The van der Waals surface area contributed by atoms with E-state index in [0.717, 1.165) is 10.2 Å². The van der Waals surface area contributed by atoms with Gasteiger partial charge in [0.05, 0.1) is 23.5 Å². The summed E-state index contributed by atoms with van der Waals surface area (Å²) in [7, 11) is 0. The Bertz CT molecular complexity index is 994. The normalized spacial score (nSPS) is 11.0. The molecule has 3 heterocycles. The Kier molecular flexibility index (Phi) is 3.72. The van der Waals surface area contributed by atoms with Gasteiger partial charge in [0.25, 0.3) is 11.1 Å². The topological polar surface area (TPSA) is 69.3 Å². The first-order chi connectivity index (χ1) is 10.5. The van der Waals surface area contributed by atoms with Crippen LogP contribution in [0.15, 0.2) is 40.2 Å². The number of pyridine rings is 1. The number of rotatable bonds is 2. The smallest absolute Gasteiger partial charge is 0.269 e. The Morgan fingerprint density at radius 2 is 2.05 bits per heavy atom. The van der Waals surface area contributed by atoms with Gasteiger partial charge in [-0.3, -0.25) is 14.0 Å². The lowest BCUT2D eigenvalue weighted by molar-refractivity contribution is 0.627. The third-order valence-electron chi connectivity index (χ3n) is 3.19. The van der Waals surface area contributed by atoms with E-state index in [1.165, 1.54) is 16.7 Å². The van der Waals surface area contributed by atoms with Crippen LogP contribution in [-0.4, -0.2) is 19.2 Å². The predicted molar refractivity (Wildman–Crippen MR) is 83.8 cm³/mol. The Morgan fingerprint density at radius 3 is 2.82 bits per heavy atom. The molecule has 0 spiro atoms. The molecule has 0 N–H and O–H groups in total. The van der Waals surface area contributed by atoms with Gasteiger partial charge < -0.3 is 0 Å². The van der Waals surface area contributed by atoms with Crippen molar-refractivity contribution < 1.29 is 0 Å². The molecular weight excluding hydrogens is 327 g/mol. The molecule has 22 heavy (non-hydrogen) atoms. The zero-order valence-corrected chi connectivity index (χ0v) is 13.0. The van der Waals surface area contributed by atoms with Crippen LogP contribution in [0.25, 0.3) is 5.65 Å². The Morgan fingerprint density at radius 1 is 1.27 bits per heavy atom. The van der Waals surface area contributed by atoms with Crippen LogP contribution in [0.5, 0.6) is 0 Å². The van der Waals surface area contributed by atoms with Gasteiger partial charge in [-0.2, -0.15) is 5.10 Å². The van der Waals surface area contributed by atoms with Gasteiger partial charge in [0.1, 0.15) is 10.7 Å². The van der Waals surface area contributed by atoms with Crippen molar-refractivity contribution in [1.82, 2.24) is 19.2 Å². The summed E-state index contributed by atoms with van der Waals surface area (Å²) in [6, 6.07) is 4.99. The third-order valence-corrected chi connectivity index (χ3v) is 3.94. The molecule has 6 nitrogen and oxygen atoms in total. The molecule has 3 aromatic rings. The molecule has 0 aliphatic rings. The van der Waals surface area contributed by atoms with Crippen molar-refractivity contribution in [1.29, 1.82) is 0 Å². The van der Waals surface area contributed by atoms with Gasteiger partial charge in [0.2, 0.25) is 0 Å². The lowest BCUT2D eigenvalue weighted by atomic mass is 10.3. The number of fused-ring (bicyclic) bond motifs is 1. The van der Waals surface area contributed by atoms with Crippen LogP contribution < -0.4 is 11.1 Å². The van der Waals surface area contributed by atoms with Crippen LogP contribution in [0.4, 0.5) is 0 Å². The molecule has 8 heteroatoms. The molecule has 0 unspecified atom stereocenters. The molecule has 0 saturated heterocycles. The number of aromatic nitrogens is 4. The highest BCUT2D eigenvalue weighted by atomic mass is 35.5. The van der Waals surface area contributed by atoms with Crippen molar-refractivity contribution in [2.24, 2.45) is 0 Å². The maximum Gasteiger partial charge on any atom is 0.287 e. The largest absolute Gasteiger partial charge is 0.287 e. The number of halogens is 2. The Hall–Kier alpha value is -2.18. The molecule has 0 aromatic carbocycles. The summed E-state index contributed by atoms with van der Waals surface area (Å²) in [5, 5.41) is 3.89. The summed E-state index contributed by atoms with van der Waals surface area (Å²) in [4.78, 5) is 28.5. The Labute approximate surface area is 134 Å². The summed E-state index contributed by atoms with van der Waals surface area (Å²) in [5.74, 6) is 0. The monoisotopic (exact) mass is 336 g/mol. The zero-order valence-electron chi connectivity index (χ0n) is 11.5. The van der Waals surface area contributed by atoms with Crippen LogP contribution >= 0.6 is 23.2 Å². The molecular formula is C14H10Cl2N4O2. The molecule has 3 aromatic heterocycles. The van der Waals surface area contributed by atoms with Crippen molar-refractivity contribution in [2.75, 3.05) is 0 Å². The van der Waals surface area contributed by atoms with Crippen LogP contribution in [0.3, 0.4) is 0 Å². The average molecular weight is 337 g/mol. The molecule has 0 fully saturated rings. The van der Waals surface area contributed by atoms with E-state index in [4.69, 9.17) is 23.2 Å². The molecule has 0 radical (unpaired) electrons. The lowest BCUT2D eigenvalue weighted by Gasteiger charge is -2.08. The molecule has 3 rings (SSSR count). The summed E-state index contributed by atoms with van der Waals surface area (Å²) in [6.45, 7) is 1.89. The minimum Gasteiger partial charge on any atom is -0.269 e. The van der Waals surface area contributed by atoms with Crippen molar-refractivity contribution >= 4 is 28.8 Å². The van der Waals surface area contributed by atoms with E-state index >= 15 is 0 Å². The van der Waals surface area contributed by atoms with Gasteiger partial charge in [0, 0.05) is 12.3 Å². The van der Waals surface area contributed by atoms with E-state index in [2.05, 4.69) is 10.1 Å². The fourth-order valence-electron chi connectivity index (χ4n) is 2.10. The minimum absolute atomic E-state index is 0.0375. The summed E-state index contributed by atoms with van der Waals surface area (Å²) >= 11 is 11.5. The highest BCUT2D eigenvalue weighted by Gasteiger charge is 2.10. The highest BCUT2D eigenvalue weighted by molar-refractivity contribution is 6.41. The number of nitrogens with zero attached hydrogens (tertiary/aromatic N) is 4. The highest BCUT2D eigenvalue weighted by Crippen LogP contribution is 2.14. The van der Waals surface area contributed by atoms with Gasteiger partial charge in [0.15, 0.2) is 0 Å². The van der Waals surface area contributed by atoms with Crippen molar-refractivity contribution in [2.45, 2.75) is 13.5 Å². The Balaban J connectivity index is 2.13. The lowest BCUT2D eigenvalue weighted by Crippen LogP contribution is -2.25. The van der Waals surface area contributed by atoms with E-state index in [-0.39, 0.29) is 22.1 Å². The summed E-state index contributed by atoms with van der Waals surface area (Å²) in [5.41, 5.74) is 1.07. The molecule has 0 aliphatic heterocycles. The van der Waals surface area contributed by atoms with E-state index in [1.54, 1.807) is 12.3 Å². The van der Waals surface area contributed by atoms with Gasteiger partial charge in [-0.25, -0.2) is 9.67 Å². The number of hydrogen-bond acceptors (Lipinski definition) is 4. The van der Waals surface area contributed by atoms with Gasteiger partial charge >= 0.3 is 0 Å². The van der Waals surface area contributed by atoms with Crippen molar-refractivity contribution in [3.05, 3.63) is 72.6 Å². The number of hydrogen-bond donors (Lipinski definition) is 0. The summed E-state index contributed by atoms with van der Waals surface area (Å²) in [6.07, 6.45) is 2.93. The molecule has 0 saturated carbocycles. The third kappa shape index (κ3) is 2.51. The zero-order chi connectivity index (χ0) is 15.9. The first-order valence-corrected chi connectivity index (χ1v) is 7.12. The maximum absolute atomic E-state index is 12.1. The quantitative estimate of drug-likeness (QED) is 0.716. The van der Waals surface area contributed by atoms with Crippen molar-refractivity contribution in [3.8, 4) is 0 Å². The average Bonchev–Trinajstić information content (AvgIpc) is 2.49. The molecule has 112 valence electrons. The minimum atomic E-state index is -0.527. The SMILES string of the molecule is Cc1cccn2c(=O)cc(Cn3ncc(Cl)c(Cl)c3=O)nc12. The fourth-order valence-corrected chi connectivity index (χ4v) is 2.37. The van der Waals surface area contributed by atoms with E-state index in [9.17, 15) is 9.59 Å². The predicted octanol–water partition coefficient (Wildman–Crippen LogP) is 1.91. The first-order valence-electron chi connectivity index (χ1n) is 6.36. The van der Waals surface area contributed by atoms with Crippen LogP contribution in [0.2, 0.25) is 10.0 Å². The van der Waals surface area contributed by atoms with Crippen LogP contribution in [-0.2, 0) is 6.54 Å². The first kappa shape index (κ1) is 14.7. The summed E-state index contributed by atoms with van der Waals surface area (Å²) < 4.78 is 2.56. The van der Waals surface area contributed by atoms with Crippen LogP contribution in [0, 0.1) is 6.92 Å². The molecule has 0 bridgehead atoms. The van der Waals surface area contributed by atoms with Gasteiger partial charge in [-0.15, -0.1) is 0 Å². The second-order valence-corrected chi connectivity index (χ2v) is 5.52. The van der Waals surface area contributed by atoms with Crippen molar-refractivity contribution in [3.63, 3.8) is 0 Å². The molecule has 0 atom stereocenters. The fraction of sp³-hybridized carbons (Fsp3) is 0.143. The van der Waals surface area contributed by atoms with E-state index < -0.39 is 5.56 Å². The number of aryl methyl sites for hydroxylation is 1. The van der Waals surface area contributed by atoms with E-state index in [1.807, 2.05) is 13.0 Å².